The van der Waals surface area contributed by atoms with Gasteiger partial charge in [-0.05, 0) is 43.2 Å². The predicted molar refractivity (Wildman–Crippen MR) is 112 cm³/mol. The Balaban J connectivity index is 1.39. The minimum atomic E-state index is -3.66. The average molecular weight is 442 g/mol. The lowest BCUT2D eigenvalue weighted by molar-refractivity contribution is -0.121. The highest BCUT2D eigenvalue weighted by atomic mass is 32.2. The second kappa shape index (κ2) is 8.86. The SMILES string of the molecule is O=C(Cc1noc2ccccc12)NNC(=O)c1cccc(S(=O)(=O)N2CCCCC2)c1. The first-order valence-electron chi connectivity index (χ1n) is 9.98. The number of amides is 2. The highest BCUT2D eigenvalue weighted by Crippen LogP contribution is 2.21. The molecule has 0 unspecified atom stereocenters. The van der Waals surface area contributed by atoms with Crippen LogP contribution in [0.2, 0.25) is 0 Å². The van der Waals surface area contributed by atoms with E-state index in [9.17, 15) is 18.0 Å². The quantitative estimate of drug-likeness (QED) is 0.583. The molecule has 1 aromatic heterocycles. The van der Waals surface area contributed by atoms with Crippen molar-refractivity contribution >= 4 is 32.8 Å². The van der Waals surface area contributed by atoms with Gasteiger partial charge in [0.2, 0.25) is 15.9 Å². The van der Waals surface area contributed by atoms with E-state index < -0.39 is 21.8 Å². The van der Waals surface area contributed by atoms with Crippen molar-refractivity contribution in [1.29, 1.82) is 0 Å². The van der Waals surface area contributed by atoms with Crippen LogP contribution in [0.3, 0.4) is 0 Å². The number of nitrogens with zero attached hydrogens (tertiary/aromatic N) is 2. The summed E-state index contributed by atoms with van der Waals surface area (Å²) in [4.78, 5) is 24.7. The van der Waals surface area contributed by atoms with Gasteiger partial charge in [-0.25, -0.2) is 8.42 Å². The van der Waals surface area contributed by atoms with E-state index in [4.69, 9.17) is 4.52 Å². The van der Waals surface area contributed by atoms with Crippen LogP contribution < -0.4 is 10.9 Å². The Morgan fingerprint density at radius 1 is 1.00 bits per heavy atom. The molecule has 0 atom stereocenters. The number of aromatic nitrogens is 1. The van der Waals surface area contributed by atoms with E-state index in [0.717, 1.165) is 24.6 Å². The number of sulfonamides is 1. The summed E-state index contributed by atoms with van der Waals surface area (Å²) in [6.07, 6.45) is 2.58. The number of carbonyl (C=O) groups excluding carboxylic acids is 2. The molecule has 9 nitrogen and oxygen atoms in total. The van der Waals surface area contributed by atoms with E-state index in [1.165, 1.54) is 28.6 Å². The molecule has 31 heavy (non-hydrogen) atoms. The van der Waals surface area contributed by atoms with Crippen LogP contribution in [0.5, 0.6) is 0 Å². The maximum absolute atomic E-state index is 12.8. The van der Waals surface area contributed by atoms with Crippen LogP contribution in [0.15, 0.2) is 57.9 Å². The minimum absolute atomic E-state index is 0.0578. The standard InChI is InChI=1S/C21H22N4O5S/c26-20(14-18-17-9-2-3-10-19(17)30-24-18)22-23-21(27)15-7-6-8-16(13-15)31(28,29)25-11-4-1-5-12-25/h2-3,6-10,13H,1,4-5,11-12,14H2,(H,22,26)(H,23,27). The number of hydrogen-bond donors (Lipinski definition) is 2. The summed E-state index contributed by atoms with van der Waals surface area (Å²) in [6, 6.07) is 12.9. The first-order chi connectivity index (χ1) is 14.9. The molecule has 2 heterocycles. The maximum atomic E-state index is 12.8. The van der Waals surface area contributed by atoms with Crippen molar-refractivity contribution in [2.24, 2.45) is 0 Å². The van der Waals surface area contributed by atoms with Crippen LogP contribution >= 0.6 is 0 Å². The first-order valence-corrected chi connectivity index (χ1v) is 11.4. The molecule has 2 amide bonds. The molecule has 1 aliphatic rings. The lowest BCUT2D eigenvalue weighted by Crippen LogP contribution is -2.42. The Labute approximate surface area is 179 Å². The van der Waals surface area contributed by atoms with Crippen molar-refractivity contribution in [3.63, 3.8) is 0 Å². The van der Waals surface area contributed by atoms with Gasteiger partial charge >= 0.3 is 0 Å². The van der Waals surface area contributed by atoms with Crippen LogP contribution in [-0.2, 0) is 21.2 Å². The van der Waals surface area contributed by atoms with Crippen molar-refractivity contribution in [1.82, 2.24) is 20.3 Å². The third-order valence-corrected chi connectivity index (χ3v) is 7.04. The van der Waals surface area contributed by atoms with E-state index in [1.54, 1.807) is 18.2 Å². The molecule has 1 aliphatic heterocycles. The molecular formula is C21H22N4O5S. The molecule has 0 aliphatic carbocycles. The van der Waals surface area contributed by atoms with Gasteiger partial charge in [-0.15, -0.1) is 0 Å². The smallest absolute Gasteiger partial charge is 0.269 e. The number of fused-ring (bicyclic) bond motifs is 1. The third kappa shape index (κ3) is 4.59. The van der Waals surface area contributed by atoms with E-state index in [2.05, 4.69) is 16.0 Å². The zero-order valence-electron chi connectivity index (χ0n) is 16.7. The maximum Gasteiger partial charge on any atom is 0.269 e. The monoisotopic (exact) mass is 442 g/mol. The second-order valence-corrected chi connectivity index (χ2v) is 9.24. The highest BCUT2D eigenvalue weighted by Gasteiger charge is 2.26. The van der Waals surface area contributed by atoms with Gasteiger partial charge in [0, 0.05) is 24.0 Å². The molecule has 0 bridgehead atoms. The number of para-hydroxylation sites is 1. The molecule has 3 aromatic rings. The molecule has 4 rings (SSSR count). The molecule has 2 N–H and O–H groups in total. The lowest BCUT2D eigenvalue weighted by atomic mass is 10.2. The molecular weight excluding hydrogens is 420 g/mol. The van der Waals surface area contributed by atoms with Crippen LogP contribution in [0.25, 0.3) is 11.0 Å². The van der Waals surface area contributed by atoms with E-state index >= 15 is 0 Å². The van der Waals surface area contributed by atoms with Crippen LogP contribution in [0.4, 0.5) is 0 Å². The van der Waals surface area contributed by atoms with Gasteiger partial charge < -0.3 is 4.52 Å². The largest absolute Gasteiger partial charge is 0.356 e. The minimum Gasteiger partial charge on any atom is -0.356 e. The zero-order chi connectivity index (χ0) is 21.8. The highest BCUT2D eigenvalue weighted by molar-refractivity contribution is 7.89. The molecule has 0 saturated carbocycles. The third-order valence-electron chi connectivity index (χ3n) is 5.14. The van der Waals surface area contributed by atoms with Crippen LogP contribution in [0.1, 0.15) is 35.3 Å². The molecule has 1 saturated heterocycles. The van der Waals surface area contributed by atoms with E-state index in [1.807, 2.05) is 6.07 Å². The Bertz CT molecular complexity index is 1220. The summed E-state index contributed by atoms with van der Waals surface area (Å²) in [7, 11) is -3.66. The molecule has 0 spiro atoms. The summed E-state index contributed by atoms with van der Waals surface area (Å²) in [5.41, 5.74) is 5.79. The van der Waals surface area contributed by atoms with E-state index in [-0.39, 0.29) is 16.9 Å². The number of piperidine rings is 1. The fourth-order valence-corrected chi connectivity index (χ4v) is 5.08. The van der Waals surface area contributed by atoms with Gasteiger partial charge in [0.1, 0.15) is 5.69 Å². The number of benzene rings is 2. The van der Waals surface area contributed by atoms with Crippen molar-refractivity contribution < 1.29 is 22.5 Å². The Kier molecular flexibility index (Phi) is 6.01. The van der Waals surface area contributed by atoms with Gasteiger partial charge in [0.15, 0.2) is 5.58 Å². The number of hydrogen-bond acceptors (Lipinski definition) is 6. The van der Waals surface area contributed by atoms with Crippen molar-refractivity contribution in [2.45, 2.75) is 30.6 Å². The topological polar surface area (TPSA) is 122 Å². The Morgan fingerprint density at radius 3 is 2.58 bits per heavy atom. The van der Waals surface area contributed by atoms with E-state index in [0.29, 0.717) is 24.4 Å². The Morgan fingerprint density at radius 2 is 1.77 bits per heavy atom. The van der Waals surface area contributed by atoms with Gasteiger partial charge in [0.25, 0.3) is 5.91 Å². The molecule has 2 aromatic carbocycles. The van der Waals surface area contributed by atoms with Gasteiger partial charge in [-0.1, -0.05) is 29.8 Å². The average Bonchev–Trinajstić information content (AvgIpc) is 3.21. The molecule has 162 valence electrons. The van der Waals surface area contributed by atoms with Crippen LogP contribution in [-0.4, -0.2) is 42.8 Å². The fourth-order valence-electron chi connectivity index (χ4n) is 3.51. The van der Waals surface area contributed by atoms with Crippen molar-refractivity contribution in [3.05, 3.63) is 59.8 Å². The molecule has 0 radical (unpaired) electrons. The van der Waals surface area contributed by atoms with Gasteiger partial charge in [0.05, 0.1) is 11.3 Å². The number of carbonyl (C=O) groups is 2. The number of hydrazine groups is 1. The van der Waals surface area contributed by atoms with Gasteiger partial charge in [-0.2, -0.15) is 4.31 Å². The summed E-state index contributed by atoms with van der Waals surface area (Å²) >= 11 is 0. The molecule has 10 heteroatoms. The summed E-state index contributed by atoms with van der Waals surface area (Å²) in [5.74, 6) is -1.10. The number of nitrogens with one attached hydrogen (secondary N) is 2. The fraction of sp³-hybridized carbons (Fsp3) is 0.286. The lowest BCUT2D eigenvalue weighted by Gasteiger charge is -2.26. The second-order valence-electron chi connectivity index (χ2n) is 7.30. The molecule has 1 fully saturated rings. The zero-order valence-corrected chi connectivity index (χ0v) is 17.5. The van der Waals surface area contributed by atoms with Crippen molar-refractivity contribution in [2.75, 3.05) is 13.1 Å². The van der Waals surface area contributed by atoms with Gasteiger partial charge in [-0.3, -0.25) is 20.4 Å². The summed E-state index contributed by atoms with van der Waals surface area (Å²) in [5, 5.41) is 4.61. The van der Waals surface area contributed by atoms with Crippen LogP contribution in [0, 0.1) is 0 Å². The summed E-state index contributed by atoms with van der Waals surface area (Å²) in [6.45, 7) is 0.955. The normalized spacial score (nSPS) is 15.0. The number of rotatable bonds is 5. The predicted octanol–water partition coefficient (Wildman–Crippen LogP) is 2.01. The summed E-state index contributed by atoms with van der Waals surface area (Å²) < 4.78 is 32.2. The van der Waals surface area contributed by atoms with Crippen molar-refractivity contribution in [3.8, 4) is 0 Å². The Hall–Kier alpha value is -3.24. The first kappa shape index (κ1) is 21.0.